The molecule has 2 heteroatoms. The molecule has 0 saturated heterocycles. The van der Waals surface area contributed by atoms with Crippen LogP contribution < -0.4 is 9.80 Å². The van der Waals surface area contributed by atoms with Gasteiger partial charge in [-0.2, -0.15) is 0 Å². The van der Waals surface area contributed by atoms with Gasteiger partial charge in [0, 0.05) is 37.2 Å². The van der Waals surface area contributed by atoms with Crippen LogP contribution in [-0.4, -0.2) is 20.1 Å². The summed E-state index contributed by atoms with van der Waals surface area (Å²) in [5, 5.41) is 0. The Morgan fingerprint density at radius 1 is 0.750 bits per heavy atom. The van der Waals surface area contributed by atoms with E-state index in [9.17, 15) is 0 Å². The first-order chi connectivity index (χ1) is 11.6. The normalized spacial score (nSPS) is 12.0. The van der Waals surface area contributed by atoms with Crippen molar-refractivity contribution in [2.75, 3.05) is 23.9 Å². The number of para-hydroxylation sites is 1. The number of hydrogen-bond acceptors (Lipinski definition) is 2. The van der Waals surface area contributed by atoms with E-state index in [4.69, 9.17) is 0 Å². The highest BCUT2D eigenvalue weighted by molar-refractivity contribution is 5.66. The van der Waals surface area contributed by atoms with E-state index >= 15 is 0 Å². The third kappa shape index (κ3) is 5.02. The molecule has 1 unspecified atom stereocenters. The fourth-order valence-corrected chi connectivity index (χ4v) is 3.15. The largest absolute Gasteiger partial charge is 0.378 e. The zero-order valence-corrected chi connectivity index (χ0v) is 15.7. The monoisotopic (exact) mass is 324 g/mol. The van der Waals surface area contributed by atoms with Crippen LogP contribution in [0.1, 0.15) is 46.0 Å². The Kier molecular flexibility index (Phi) is 7.17. The molecule has 2 nitrogen and oxygen atoms in total. The molecule has 0 heterocycles. The van der Waals surface area contributed by atoms with Crippen molar-refractivity contribution >= 4 is 17.1 Å². The minimum atomic E-state index is 0.495. The van der Waals surface area contributed by atoms with Gasteiger partial charge in [-0.3, -0.25) is 0 Å². The van der Waals surface area contributed by atoms with Crippen LogP contribution in [0, 0.1) is 0 Å². The number of anilines is 3. The molecule has 0 radical (unpaired) electrons. The van der Waals surface area contributed by atoms with Gasteiger partial charge in [0.05, 0.1) is 0 Å². The van der Waals surface area contributed by atoms with Gasteiger partial charge in [0.25, 0.3) is 0 Å². The summed E-state index contributed by atoms with van der Waals surface area (Å²) in [6.07, 6.45) is 6.50. The first kappa shape index (κ1) is 18.4. The van der Waals surface area contributed by atoms with Crippen LogP contribution in [0.5, 0.6) is 0 Å². The molecule has 2 rings (SSSR count). The molecule has 0 fully saturated rings. The molecule has 2 aromatic carbocycles. The highest BCUT2D eigenvalue weighted by Gasteiger charge is 2.16. The highest BCUT2D eigenvalue weighted by atomic mass is 15.2. The molecular formula is C22H32N2. The van der Waals surface area contributed by atoms with Crippen LogP contribution in [0.15, 0.2) is 54.6 Å². The predicted octanol–water partition coefficient (Wildman–Crippen LogP) is 6.25. The van der Waals surface area contributed by atoms with E-state index in [1.54, 1.807) is 0 Å². The maximum absolute atomic E-state index is 2.48. The molecule has 0 aliphatic rings. The Morgan fingerprint density at radius 3 is 1.92 bits per heavy atom. The first-order valence-electron chi connectivity index (χ1n) is 9.25. The lowest BCUT2D eigenvalue weighted by Crippen LogP contribution is -2.28. The predicted molar refractivity (Wildman–Crippen MR) is 108 cm³/mol. The van der Waals surface area contributed by atoms with E-state index in [1.807, 2.05) is 0 Å². The van der Waals surface area contributed by atoms with Gasteiger partial charge in [-0.05, 0) is 49.7 Å². The maximum Gasteiger partial charge on any atom is 0.0414 e. The van der Waals surface area contributed by atoms with Crippen LogP contribution in [0.2, 0.25) is 0 Å². The summed E-state index contributed by atoms with van der Waals surface area (Å²) >= 11 is 0. The number of nitrogens with zero attached hydrogens (tertiary/aromatic N) is 2. The Hall–Kier alpha value is -1.96. The maximum atomic E-state index is 2.48. The van der Waals surface area contributed by atoms with E-state index in [1.165, 1.54) is 49.2 Å². The average Bonchev–Trinajstić information content (AvgIpc) is 2.60. The Labute approximate surface area is 148 Å². The van der Waals surface area contributed by atoms with Crippen LogP contribution in [0.4, 0.5) is 17.1 Å². The van der Waals surface area contributed by atoms with Crippen molar-refractivity contribution < 1.29 is 0 Å². The second-order valence-corrected chi connectivity index (χ2v) is 6.81. The highest BCUT2D eigenvalue weighted by Crippen LogP contribution is 2.31. The van der Waals surface area contributed by atoms with Crippen molar-refractivity contribution in [3.8, 4) is 0 Å². The molecule has 2 aromatic rings. The molecule has 24 heavy (non-hydrogen) atoms. The lowest BCUT2D eigenvalue weighted by molar-refractivity contribution is 0.567. The molecule has 0 saturated carbocycles. The third-order valence-corrected chi connectivity index (χ3v) is 4.59. The van der Waals surface area contributed by atoms with E-state index in [-0.39, 0.29) is 0 Å². The van der Waals surface area contributed by atoms with E-state index in [0.717, 1.165) is 0 Å². The molecule has 1 atom stereocenters. The summed E-state index contributed by atoms with van der Waals surface area (Å²) in [5.41, 5.74) is 3.79. The lowest BCUT2D eigenvalue weighted by Gasteiger charge is -2.32. The van der Waals surface area contributed by atoms with Crippen LogP contribution in [0.25, 0.3) is 0 Å². The molecule has 0 spiro atoms. The fourth-order valence-electron chi connectivity index (χ4n) is 3.15. The zero-order chi connectivity index (χ0) is 17.4. The van der Waals surface area contributed by atoms with E-state index < -0.39 is 0 Å². The number of rotatable bonds is 9. The third-order valence-electron chi connectivity index (χ3n) is 4.59. The molecule has 0 aliphatic carbocycles. The number of unbranched alkanes of at least 4 members (excludes halogenated alkanes) is 3. The molecule has 0 amide bonds. The second-order valence-electron chi connectivity index (χ2n) is 6.81. The first-order valence-corrected chi connectivity index (χ1v) is 9.25. The van der Waals surface area contributed by atoms with Crippen molar-refractivity contribution in [3.63, 3.8) is 0 Å². The van der Waals surface area contributed by atoms with E-state index in [0.29, 0.717) is 6.04 Å². The van der Waals surface area contributed by atoms with Crippen molar-refractivity contribution in [3.05, 3.63) is 54.6 Å². The van der Waals surface area contributed by atoms with Crippen molar-refractivity contribution in [1.29, 1.82) is 0 Å². The molecular weight excluding hydrogens is 292 g/mol. The van der Waals surface area contributed by atoms with Gasteiger partial charge in [-0.1, -0.05) is 50.8 Å². The quantitative estimate of drug-likeness (QED) is 0.503. The van der Waals surface area contributed by atoms with Crippen LogP contribution in [0.3, 0.4) is 0 Å². The van der Waals surface area contributed by atoms with E-state index in [2.05, 4.69) is 92.3 Å². The van der Waals surface area contributed by atoms with Crippen molar-refractivity contribution in [2.45, 2.75) is 52.0 Å². The Morgan fingerprint density at radius 2 is 1.33 bits per heavy atom. The zero-order valence-electron chi connectivity index (χ0n) is 15.7. The van der Waals surface area contributed by atoms with Gasteiger partial charge >= 0.3 is 0 Å². The fraction of sp³-hybridized carbons (Fsp3) is 0.455. The SMILES string of the molecule is CCCCCCC(C)N(c1ccccc1)c1ccc(N(C)C)cc1. The second kappa shape index (κ2) is 9.36. The molecule has 0 bridgehead atoms. The minimum absolute atomic E-state index is 0.495. The summed E-state index contributed by atoms with van der Waals surface area (Å²) in [6.45, 7) is 4.62. The molecule has 0 aliphatic heterocycles. The molecule has 0 aromatic heterocycles. The standard InChI is InChI=1S/C22H32N2/c1-5-6-7-9-12-19(2)24(21-13-10-8-11-14-21)22-17-15-20(16-18-22)23(3)4/h8,10-11,13-19H,5-7,9,12H2,1-4H3. The average molecular weight is 325 g/mol. The molecule has 130 valence electrons. The Bertz CT molecular complexity index is 575. The summed E-state index contributed by atoms with van der Waals surface area (Å²) < 4.78 is 0. The molecule has 0 N–H and O–H groups in total. The van der Waals surface area contributed by atoms with Crippen LogP contribution in [-0.2, 0) is 0 Å². The van der Waals surface area contributed by atoms with Gasteiger partial charge in [0.2, 0.25) is 0 Å². The van der Waals surface area contributed by atoms with Gasteiger partial charge < -0.3 is 9.80 Å². The van der Waals surface area contributed by atoms with Crippen LogP contribution >= 0.6 is 0 Å². The summed E-state index contributed by atoms with van der Waals surface area (Å²) in [4.78, 5) is 4.62. The van der Waals surface area contributed by atoms with Crippen molar-refractivity contribution in [1.82, 2.24) is 0 Å². The number of benzene rings is 2. The van der Waals surface area contributed by atoms with Gasteiger partial charge in [0.15, 0.2) is 0 Å². The topological polar surface area (TPSA) is 6.48 Å². The summed E-state index contributed by atoms with van der Waals surface area (Å²) in [5.74, 6) is 0. The Balaban J connectivity index is 2.19. The summed E-state index contributed by atoms with van der Waals surface area (Å²) in [7, 11) is 4.17. The smallest absolute Gasteiger partial charge is 0.0414 e. The van der Waals surface area contributed by atoms with Gasteiger partial charge in [-0.25, -0.2) is 0 Å². The summed E-state index contributed by atoms with van der Waals surface area (Å²) in [6, 6.07) is 20.1. The van der Waals surface area contributed by atoms with Crippen molar-refractivity contribution in [2.24, 2.45) is 0 Å². The lowest BCUT2D eigenvalue weighted by atomic mass is 10.1. The van der Waals surface area contributed by atoms with Gasteiger partial charge in [-0.15, -0.1) is 0 Å². The van der Waals surface area contributed by atoms with Gasteiger partial charge in [0.1, 0.15) is 0 Å². The number of hydrogen-bond donors (Lipinski definition) is 0. The minimum Gasteiger partial charge on any atom is -0.378 e.